The second-order valence-electron chi connectivity index (χ2n) is 7.63. The highest BCUT2D eigenvalue weighted by atomic mass is 32.2. The number of nitrogens with zero attached hydrogens (tertiary/aromatic N) is 2. The van der Waals surface area contributed by atoms with E-state index in [4.69, 9.17) is 4.74 Å². The summed E-state index contributed by atoms with van der Waals surface area (Å²) in [7, 11) is 1.62. The summed E-state index contributed by atoms with van der Waals surface area (Å²) in [6.07, 6.45) is 0. The van der Waals surface area contributed by atoms with Crippen LogP contribution < -0.4 is 9.64 Å². The van der Waals surface area contributed by atoms with Crippen molar-refractivity contribution in [3.05, 3.63) is 81.5 Å². The molecule has 1 atom stereocenters. The average molecular weight is 451 g/mol. The van der Waals surface area contributed by atoms with Crippen molar-refractivity contribution in [2.24, 2.45) is 0 Å². The summed E-state index contributed by atoms with van der Waals surface area (Å²) >= 11 is 2.94. The Balaban J connectivity index is 1.63. The maximum atomic E-state index is 14.1. The van der Waals surface area contributed by atoms with Gasteiger partial charge < -0.3 is 14.5 Å². The molecule has 5 nitrogen and oxygen atoms in total. The van der Waals surface area contributed by atoms with Crippen molar-refractivity contribution in [3.63, 3.8) is 0 Å². The minimum Gasteiger partial charge on any atom is -0.497 e. The van der Waals surface area contributed by atoms with Crippen molar-refractivity contribution in [1.82, 2.24) is 4.90 Å². The van der Waals surface area contributed by atoms with Gasteiger partial charge in [0.15, 0.2) is 4.87 Å². The summed E-state index contributed by atoms with van der Waals surface area (Å²) in [5.41, 5.74) is 3.90. The van der Waals surface area contributed by atoms with E-state index < -0.39 is 4.87 Å². The van der Waals surface area contributed by atoms with Crippen LogP contribution in [0.3, 0.4) is 0 Å². The standard InChI is InChI=1S/C24H22N2O3S2/c1-16-6-3-4-7-17(16)15-25-20-10-9-18(29-2)14-19(20)24(23(25)28)26(11-13-31-24)22(27)21-8-5-12-30-21/h3-10,12,14H,11,13,15H2,1-2H3. The Labute approximate surface area is 189 Å². The largest absolute Gasteiger partial charge is 0.497 e. The summed E-state index contributed by atoms with van der Waals surface area (Å²) in [6.45, 7) is 3.05. The summed E-state index contributed by atoms with van der Waals surface area (Å²) in [6, 6.07) is 17.5. The van der Waals surface area contributed by atoms with Gasteiger partial charge in [0.05, 0.1) is 24.2 Å². The Morgan fingerprint density at radius 3 is 2.74 bits per heavy atom. The molecule has 31 heavy (non-hydrogen) atoms. The molecule has 1 fully saturated rings. The highest BCUT2D eigenvalue weighted by Crippen LogP contribution is 2.55. The van der Waals surface area contributed by atoms with Gasteiger partial charge >= 0.3 is 0 Å². The molecule has 2 aliphatic heterocycles. The van der Waals surface area contributed by atoms with Gasteiger partial charge in [-0.25, -0.2) is 0 Å². The number of hydrogen-bond acceptors (Lipinski definition) is 5. The first-order valence-corrected chi connectivity index (χ1v) is 12.0. The van der Waals surface area contributed by atoms with E-state index in [0.717, 1.165) is 22.4 Å². The van der Waals surface area contributed by atoms with E-state index in [2.05, 4.69) is 13.0 Å². The summed E-state index contributed by atoms with van der Waals surface area (Å²) in [4.78, 5) is 30.6. The van der Waals surface area contributed by atoms with E-state index >= 15 is 0 Å². The number of ether oxygens (including phenoxy) is 1. The Morgan fingerprint density at radius 2 is 2.00 bits per heavy atom. The van der Waals surface area contributed by atoms with Crippen molar-refractivity contribution in [3.8, 4) is 5.75 Å². The lowest BCUT2D eigenvalue weighted by Gasteiger charge is -2.33. The maximum absolute atomic E-state index is 14.1. The lowest BCUT2D eigenvalue weighted by molar-refractivity contribution is -0.123. The van der Waals surface area contributed by atoms with Crippen LogP contribution in [0.4, 0.5) is 5.69 Å². The number of amides is 2. The molecule has 3 aromatic rings. The van der Waals surface area contributed by atoms with Gasteiger partial charge in [0.2, 0.25) is 0 Å². The molecule has 0 aliphatic carbocycles. The molecule has 2 aliphatic rings. The number of thioether (sulfide) groups is 1. The smallest absolute Gasteiger partial charge is 0.268 e. The lowest BCUT2D eigenvalue weighted by Crippen LogP contribution is -2.50. The van der Waals surface area contributed by atoms with Gasteiger partial charge in [-0.2, -0.15) is 0 Å². The van der Waals surface area contributed by atoms with Crippen LogP contribution in [0, 0.1) is 6.92 Å². The molecule has 1 unspecified atom stereocenters. The van der Waals surface area contributed by atoms with Crippen molar-refractivity contribution < 1.29 is 14.3 Å². The molecule has 158 valence electrons. The summed E-state index contributed by atoms with van der Waals surface area (Å²) in [5.74, 6) is 1.23. The third-order valence-corrected chi connectivity index (χ3v) is 8.24. The molecule has 2 amide bonds. The van der Waals surface area contributed by atoms with Gasteiger partial charge in [0.25, 0.3) is 11.8 Å². The number of carbonyl (C=O) groups excluding carboxylic acids is 2. The summed E-state index contributed by atoms with van der Waals surface area (Å²) in [5, 5.41) is 1.89. The van der Waals surface area contributed by atoms with Gasteiger partial charge in [0.1, 0.15) is 5.75 Å². The molecule has 0 radical (unpaired) electrons. The third kappa shape index (κ3) is 3.06. The molecule has 1 saturated heterocycles. The van der Waals surface area contributed by atoms with Crippen LogP contribution >= 0.6 is 23.1 Å². The fraction of sp³-hybridized carbons (Fsp3) is 0.250. The molecule has 0 saturated carbocycles. The molecule has 0 N–H and O–H groups in total. The van der Waals surface area contributed by atoms with Crippen molar-refractivity contribution >= 4 is 40.6 Å². The second kappa shape index (κ2) is 7.73. The maximum Gasteiger partial charge on any atom is 0.268 e. The van der Waals surface area contributed by atoms with Crippen LogP contribution in [0.1, 0.15) is 26.4 Å². The zero-order valence-electron chi connectivity index (χ0n) is 17.3. The molecule has 2 aromatic carbocycles. The topological polar surface area (TPSA) is 49.9 Å². The fourth-order valence-electron chi connectivity index (χ4n) is 4.37. The van der Waals surface area contributed by atoms with Crippen LogP contribution in [0.2, 0.25) is 0 Å². The zero-order valence-corrected chi connectivity index (χ0v) is 19.0. The quantitative estimate of drug-likeness (QED) is 0.580. The number of rotatable bonds is 4. The number of benzene rings is 2. The Morgan fingerprint density at radius 1 is 1.16 bits per heavy atom. The third-order valence-electron chi connectivity index (χ3n) is 5.97. The van der Waals surface area contributed by atoms with Crippen LogP contribution in [-0.2, 0) is 16.2 Å². The molecular formula is C24H22N2O3S2. The lowest BCUT2D eigenvalue weighted by atomic mass is 10.0. The first-order valence-electron chi connectivity index (χ1n) is 10.1. The highest BCUT2D eigenvalue weighted by Gasteiger charge is 2.59. The van der Waals surface area contributed by atoms with E-state index in [1.165, 1.54) is 23.1 Å². The van der Waals surface area contributed by atoms with Crippen LogP contribution in [0.25, 0.3) is 0 Å². The molecule has 1 aromatic heterocycles. The molecule has 1 spiro atoms. The van der Waals surface area contributed by atoms with Gasteiger partial charge in [0, 0.05) is 17.9 Å². The van der Waals surface area contributed by atoms with E-state index in [1.807, 2.05) is 58.8 Å². The molecule has 3 heterocycles. The van der Waals surface area contributed by atoms with Gasteiger partial charge in [-0.15, -0.1) is 23.1 Å². The first-order chi connectivity index (χ1) is 15.1. The van der Waals surface area contributed by atoms with Gasteiger partial charge in [-0.1, -0.05) is 30.3 Å². The minimum absolute atomic E-state index is 0.0635. The van der Waals surface area contributed by atoms with Gasteiger partial charge in [-0.05, 0) is 47.7 Å². The normalized spacial score (nSPS) is 19.9. The molecule has 0 bridgehead atoms. The van der Waals surface area contributed by atoms with E-state index in [0.29, 0.717) is 29.5 Å². The second-order valence-corrected chi connectivity index (χ2v) is 9.86. The summed E-state index contributed by atoms with van der Waals surface area (Å²) < 4.78 is 5.48. The monoisotopic (exact) mass is 450 g/mol. The predicted molar refractivity (Wildman–Crippen MR) is 125 cm³/mol. The number of hydrogen-bond donors (Lipinski definition) is 0. The first kappa shape index (κ1) is 20.2. The van der Waals surface area contributed by atoms with E-state index in [1.54, 1.807) is 12.0 Å². The number of aryl methyl sites for hydroxylation is 1. The molecular weight excluding hydrogens is 428 g/mol. The van der Waals surface area contributed by atoms with Crippen molar-refractivity contribution in [2.45, 2.75) is 18.3 Å². The number of thiophene rings is 1. The average Bonchev–Trinajstić information content (AvgIpc) is 3.52. The number of anilines is 1. The van der Waals surface area contributed by atoms with Crippen molar-refractivity contribution in [2.75, 3.05) is 24.3 Å². The Bertz CT molecular complexity index is 1160. The number of methoxy groups -OCH3 is 1. The SMILES string of the molecule is COc1ccc2c(c1)C1(SCCN1C(=O)c1cccs1)C(=O)N2Cc1ccccc1C. The number of fused-ring (bicyclic) bond motifs is 2. The predicted octanol–water partition coefficient (Wildman–Crippen LogP) is 4.65. The minimum atomic E-state index is -1.06. The van der Waals surface area contributed by atoms with Crippen LogP contribution in [-0.4, -0.2) is 36.1 Å². The Kier molecular flexibility index (Phi) is 5.02. The molecule has 7 heteroatoms. The van der Waals surface area contributed by atoms with E-state index in [-0.39, 0.29) is 11.8 Å². The zero-order chi connectivity index (χ0) is 21.6. The Hall–Kier alpha value is -2.77. The number of carbonyl (C=O) groups is 2. The van der Waals surface area contributed by atoms with Gasteiger partial charge in [-0.3, -0.25) is 9.59 Å². The van der Waals surface area contributed by atoms with Crippen LogP contribution in [0.5, 0.6) is 5.75 Å². The molecule has 5 rings (SSSR count). The van der Waals surface area contributed by atoms with E-state index in [9.17, 15) is 9.59 Å². The fourth-order valence-corrected chi connectivity index (χ4v) is 6.49. The highest BCUT2D eigenvalue weighted by molar-refractivity contribution is 8.01. The van der Waals surface area contributed by atoms with Crippen molar-refractivity contribution in [1.29, 1.82) is 0 Å². The van der Waals surface area contributed by atoms with Crippen LogP contribution in [0.15, 0.2) is 60.0 Å².